The highest BCUT2D eigenvalue weighted by molar-refractivity contribution is 7.97. The number of carbonyl (C=O) groups excluding carboxylic acids is 3. The average molecular weight is 526 g/mol. The van der Waals surface area contributed by atoms with Gasteiger partial charge in [-0.3, -0.25) is 34.3 Å². The fourth-order valence-corrected chi connectivity index (χ4v) is 5.09. The van der Waals surface area contributed by atoms with Crippen molar-refractivity contribution in [1.82, 2.24) is 15.1 Å². The standard InChI is InChI=1S/C26H27N3O7S/c1-16(2)13-22(25(32)28-9-11-37(35,36)12-10-28)27-21(26(33)34)7-8-29-23(30)19-14-17-5-3-4-6-18(17)15-20(19)24(29)31/h3-6,9-12,14-16,21-22,27H,7-8,13H2,1-2H3,(H,33,34)/t21-,22+/m1/s1. The van der Waals surface area contributed by atoms with Crippen molar-refractivity contribution in [1.29, 1.82) is 0 Å². The summed E-state index contributed by atoms with van der Waals surface area (Å²) in [6.07, 6.45) is 2.39. The molecule has 0 aliphatic carbocycles. The zero-order valence-corrected chi connectivity index (χ0v) is 21.1. The molecular formula is C26H27N3O7S. The fourth-order valence-electron chi connectivity index (χ4n) is 4.39. The van der Waals surface area contributed by atoms with E-state index in [4.69, 9.17) is 0 Å². The average Bonchev–Trinajstić information content (AvgIpc) is 3.07. The summed E-state index contributed by atoms with van der Waals surface area (Å²) in [6, 6.07) is 8.49. The molecule has 0 bridgehead atoms. The second-order valence-electron chi connectivity index (χ2n) is 9.44. The summed E-state index contributed by atoms with van der Waals surface area (Å²) in [5.41, 5.74) is 0.546. The second-order valence-corrected chi connectivity index (χ2v) is 11.2. The van der Waals surface area contributed by atoms with Gasteiger partial charge in [0.2, 0.25) is 5.91 Å². The lowest BCUT2D eigenvalue weighted by atomic mass is 10.0. The maximum Gasteiger partial charge on any atom is 0.320 e. The Morgan fingerprint density at radius 2 is 1.49 bits per heavy atom. The van der Waals surface area contributed by atoms with Gasteiger partial charge in [-0.15, -0.1) is 0 Å². The van der Waals surface area contributed by atoms with E-state index in [1.807, 2.05) is 38.1 Å². The van der Waals surface area contributed by atoms with Crippen molar-refractivity contribution < 1.29 is 32.7 Å². The monoisotopic (exact) mass is 525 g/mol. The van der Waals surface area contributed by atoms with Crippen molar-refractivity contribution >= 4 is 44.3 Å². The predicted molar refractivity (Wildman–Crippen MR) is 136 cm³/mol. The van der Waals surface area contributed by atoms with Crippen LogP contribution in [0.5, 0.6) is 0 Å². The largest absolute Gasteiger partial charge is 0.480 e. The number of carboxylic acids is 1. The van der Waals surface area contributed by atoms with Crippen molar-refractivity contribution in [2.45, 2.75) is 38.8 Å². The van der Waals surface area contributed by atoms with Gasteiger partial charge in [0.1, 0.15) is 6.04 Å². The number of sulfone groups is 1. The molecule has 2 aromatic carbocycles. The van der Waals surface area contributed by atoms with Gasteiger partial charge in [0, 0.05) is 18.9 Å². The third-order valence-corrected chi connectivity index (χ3v) is 7.26. The molecule has 2 aromatic rings. The number of fused-ring (bicyclic) bond motifs is 2. The molecule has 10 nitrogen and oxygen atoms in total. The number of carbonyl (C=O) groups is 4. The topological polar surface area (TPSA) is 141 Å². The molecule has 0 fully saturated rings. The quantitative estimate of drug-likeness (QED) is 0.476. The van der Waals surface area contributed by atoms with Crippen LogP contribution in [0.4, 0.5) is 0 Å². The lowest BCUT2D eigenvalue weighted by Gasteiger charge is -2.28. The number of hydrogen-bond donors (Lipinski definition) is 2. The molecule has 194 valence electrons. The van der Waals surface area contributed by atoms with Crippen LogP contribution < -0.4 is 5.32 Å². The highest BCUT2D eigenvalue weighted by Crippen LogP contribution is 2.28. The summed E-state index contributed by atoms with van der Waals surface area (Å²) in [5, 5.41) is 16.1. The van der Waals surface area contributed by atoms with Crippen LogP contribution in [0.1, 0.15) is 47.4 Å². The number of amides is 3. The van der Waals surface area contributed by atoms with Gasteiger partial charge in [0.15, 0.2) is 9.84 Å². The molecule has 2 aliphatic heterocycles. The molecule has 0 saturated carbocycles. The first-order chi connectivity index (χ1) is 17.5. The minimum atomic E-state index is -3.54. The Kier molecular flexibility index (Phi) is 7.28. The summed E-state index contributed by atoms with van der Waals surface area (Å²) >= 11 is 0. The van der Waals surface area contributed by atoms with E-state index >= 15 is 0 Å². The van der Waals surface area contributed by atoms with Gasteiger partial charge in [-0.05, 0) is 41.7 Å². The van der Waals surface area contributed by atoms with Crippen LogP contribution in [0, 0.1) is 5.92 Å². The SMILES string of the molecule is CC(C)C[C@H](N[C@H](CCN1C(=O)c2cc3ccccc3cc2C1=O)C(=O)O)C(=O)N1C=CS(=O)(=O)C=C1. The number of hydrogen-bond acceptors (Lipinski definition) is 7. The van der Waals surface area contributed by atoms with Crippen molar-refractivity contribution in [3.8, 4) is 0 Å². The highest BCUT2D eigenvalue weighted by atomic mass is 32.2. The van der Waals surface area contributed by atoms with Gasteiger partial charge in [-0.25, -0.2) is 8.42 Å². The normalized spacial score (nSPS) is 17.9. The van der Waals surface area contributed by atoms with Crippen LogP contribution in [-0.2, 0) is 19.4 Å². The molecule has 37 heavy (non-hydrogen) atoms. The first-order valence-corrected chi connectivity index (χ1v) is 13.4. The van der Waals surface area contributed by atoms with E-state index in [0.29, 0.717) is 0 Å². The number of aliphatic carboxylic acids is 1. The Morgan fingerprint density at radius 1 is 0.946 bits per heavy atom. The van der Waals surface area contributed by atoms with Crippen molar-refractivity contribution in [2.75, 3.05) is 6.54 Å². The molecule has 3 amide bonds. The maximum absolute atomic E-state index is 13.1. The van der Waals surface area contributed by atoms with Gasteiger partial charge in [0.05, 0.1) is 28.0 Å². The van der Waals surface area contributed by atoms with E-state index in [1.165, 1.54) is 0 Å². The Balaban J connectivity index is 1.49. The van der Waals surface area contributed by atoms with Crippen LogP contribution in [0.2, 0.25) is 0 Å². The number of benzene rings is 2. The van der Waals surface area contributed by atoms with Gasteiger partial charge in [-0.2, -0.15) is 0 Å². The predicted octanol–water partition coefficient (Wildman–Crippen LogP) is 2.48. The summed E-state index contributed by atoms with van der Waals surface area (Å²) in [4.78, 5) is 53.2. The van der Waals surface area contributed by atoms with Crippen molar-refractivity contribution in [2.24, 2.45) is 5.92 Å². The molecule has 4 rings (SSSR count). The lowest BCUT2D eigenvalue weighted by molar-refractivity contribution is -0.140. The molecule has 11 heteroatoms. The molecule has 2 N–H and O–H groups in total. The van der Waals surface area contributed by atoms with Crippen LogP contribution in [0.3, 0.4) is 0 Å². The van der Waals surface area contributed by atoms with Crippen LogP contribution in [0.25, 0.3) is 10.8 Å². The van der Waals surface area contributed by atoms with E-state index in [2.05, 4.69) is 5.32 Å². The highest BCUT2D eigenvalue weighted by Gasteiger charge is 2.37. The van der Waals surface area contributed by atoms with E-state index in [1.54, 1.807) is 12.1 Å². The van der Waals surface area contributed by atoms with Gasteiger partial charge >= 0.3 is 5.97 Å². The molecule has 2 atom stereocenters. The first kappa shape index (κ1) is 26.2. The third-order valence-electron chi connectivity index (χ3n) is 6.26. The van der Waals surface area contributed by atoms with E-state index in [0.717, 1.165) is 43.8 Å². The van der Waals surface area contributed by atoms with E-state index < -0.39 is 45.6 Å². The summed E-state index contributed by atoms with van der Waals surface area (Å²) in [7, 11) is -3.54. The number of carboxylic acid groups (broad SMARTS) is 1. The van der Waals surface area contributed by atoms with E-state index in [9.17, 15) is 32.7 Å². The minimum absolute atomic E-state index is 0.0164. The Labute approximate surface area is 214 Å². The van der Waals surface area contributed by atoms with Gasteiger partial charge < -0.3 is 5.11 Å². The molecule has 0 aromatic heterocycles. The van der Waals surface area contributed by atoms with Crippen LogP contribution >= 0.6 is 0 Å². The Morgan fingerprint density at radius 3 is 1.97 bits per heavy atom. The minimum Gasteiger partial charge on any atom is -0.480 e. The molecule has 0 radical (unpaired) electrons. The van der Waals surface area contributed by atoms with Gasteiger partial charge in [0.25, 0.3) is 11.8 Å². The second kappa shape index (κ2) is 10.3. The lowest BCUT2D eigenvalue weighted by Crippen LogP contribution is -2.52. The Bertz CT molecular complexity index is 1370. The Hall–Kier alpha value is -3.83. The number of nitrogens with zero attached hydrogens (tertiary/aromatic N) is 2. The van der Waals surface area contributed by atoms with Crippen molar-refractivity contribution in [3.05, 3.63) is 70.7 Å². The third kappa shape index (κ3) is 5.62. The van der Waals surface area contributed by atoms with Crippen molar-refractivity contribution in [3.63, 3.8) is 0 Å². The van der Waals surface area contributed by atoms with E-state index in [-0.39, 0.29) is 36.4 Å². The molecule has 0 unspecified atom stereocenters. The zero-order chi connectivity index (χ0) is 26.9. The van der Waals surface area contributed by atoms with Gasteiger partial charge in [-0.1, -0.05) is 38.1 Å². The zero-order valence-electron chi connectivity index (χ0n) is 20.3. The molecule has 2 aliphatic rings. The smallest absolute Gasteiger partial charge is 0.320 e. The summed E-state index contributed by atoms with van der Waals surface area (Å²) in [5.74, 6) is -2.72. The number of imide groups is 1. The van der Waals surface area contributed by atoms with Crippen LogP contribution in [-0.4, -0.2) is 65.6 Å². The maximum atomic E-state index is 13.1. The summed E-state index contributed by atoms with van der Waals surface area (Å²) < 4.78 is 23.2. The molecule has 2 heterocycles. The first-order valence-electron chi connectivity index (χ1n) is 11.8. The number of nitrogens with one attached hydrogen (secondary N) is 1. The molecular weight excluding hydrogens is 498 g/mol. The molecule has 0 spiro atoms. The fraction of sp³-hybridized carbons (Fsp3) is 0.308. The summed E-state index contributed by atoms with van der Waals surface area (Å²) in [6.45, 7) is 3.58. The number of rotatable bonds is 9. The molecule has 0 saturated heterocycles. The van der Waals surface area contributed by atoms with Crippen LogP contribution in [0.15, 0.2) is 59.6 Å².